The molecule has 0 atom stereocenters. The maximum Gasteiger partial charge on any atom is 0.0267 e. The Morgan fingerprint density at radius 3 is 2.00 bits per heavy atom. The number of hydrogen-bond donors (Lipinski definition) is 0. The molecule has 0 aliphatic carbocycles. The molecule has 0 aromatic carbocycles. The van der Waals surface area contributed by atoms with E-state index in [-0.39, 0.29) is 0 Å². The topological polar surface area (TPSA) is 17.8 Å². The Bertz CT molecular complexity index is 314. The molecule has 0 aliphatic heterocycles. The molecule has 0 fully saturated rings. The highest BCUT2D eigenvalue weighted by atomic mass is 14.9. The predicted molar refractivity (Wildman–Crippen MR) is 72.8 cm³/mol. The van der Waals surface area contributed by atoms with Crippen LogP contribution in [0.3, 0.4) is 0 Å². The van der Waals surface area contributed by atoms with Crippen LogP contribution in [0.15, 0.2) is 55.1 Å². The molecular formula is C15H22N2. The molecule has 2 heterocycles. The molecule has 0 saturated heterocycles. The lowest BCUT2D eigenvalue weighted by Gasteiger charge is -2.00. The second kappa shape index (κ2) is 9.64. The Kier molecular flexibility index (Phi) is 7.65. The summed E-state index contributed by atoms with van der Waals surface area (Å²) in [5.41, 5.74) is 0. The van der Waals surface area contributed by atoms with Crippen molar-refractivity contribution in [2.45, 2.75) is 39.2 Å². The Morgan fingerprint density at radius 1 is 0.824 bits per heavy atom. The van der Waals surface area contributed by atoms with E-state index in [0.29, 0.717) is 0 Å². The van der Waals surface area contributed by atoms with Crippen molar-refractivity contribution >= 4 is 0 Å². The predicted octanol–water partition coefficient (Wildman–Crippen LogP) is 4.15. The summed E-state index contributed by atoms with van der Waals surface area (Å²) in [6.45, 7) is 3.43. The third-order valence-corrected chi connectivity index (χ3v) is 2.50. The summed E-state index contributed by atoms with van der Waals surface area (Å²) >= 11 is 0. The van der Waals surface area contributed by atoms with Crippen molar-refractivity contribution in [3.8, 4) is 0 Å². The average Bonchev–Trinajstić information content (AvgIpc) is 2.91. The smallest absolute Gasteiger partial charge is 0.0267 e. The van der Waals surface area contributed by atoms with Crippen molar-refractivity contribution in [1.29, 1.82) is 0 Å². The molecule has 0 amide bonds. The molecule has 0 N–H and O–H groups in total. The van der Waals surface area contributed by atoms with Crippen LogP contribution < -0.4 is 0 Å². The number of pyridine rings is 1. The van der Waals surface area contributed by atoms with Crippen molar-refractivity contribution in [3.63, 3.8) is 0 Å². The van der Waals surface area contributed by atoms with E-state index in [2.05, 4.69) is 41.0 Å². The van der Waals surface area contributed by atoms with E-state index in [0.717, 1.165) is 0 Å². The largest absolute Gasteiger partial charge is 0.354 e. The van der Waals surface area contributed by atoms with Crippen molar-refractivity contribution < 1.29 is 0 Å². The molecule has 2 nitrogen and oxygen atoms in total. The van der Waals surface area contributed by atoms with E-state index in [1.54, 1.807) is 12.4 Å². The van der Waals surface area contributed by atoms with Crippen LogP contribution in [0.5, 0.6) is 0 Å². The molecule has 92 valence electrons. The molecule has 2 aromatic heterocycles. The lowest BCUT2D eigenvalue weighted by molar-refractivity contribution is 0.584. The first-order chi connectivity index (χ1) is 8.43. The van der Waals surface area contributed by atoms with Gasteiger partial charge in [0.1, 0.15) is 0 Å². The SMILES string of the molecule is CCCCCCn1cccc1.c1ccncc1. The van der Waals surface area contributed by atoms with Crippen LogP contribution in [-0.4, -0.2) is 9.55 Å². The third kappa shape index (κ3) is 7.34. The Morgan fingerprint density at radius 2 is 1.53 bits per heavy atom. The van der Waals surface area contributed by atoms with Gasteiger partial charge in [-0.3, -0.25) is 4.98 Å². The van der Waals surface area contributed by atoms with E-state index in [4.69, 9.17) is 0 Å². The number of nitrogens with zero attached hydrogens (tertiary/aromatic N) is 2. The van der Waals surface area contributed by atoms with Gasteiger partial charge >= 0.3 is 0 Å². The fraction of sp³-hybridized carbons (Fsp3) is 0.400. The number of unbranched alkanes of at least 4 members (excludes halogenated alkanes) is 3. The standard InChI is InChI=1S/C10H17N.C5H5N/c1-2-3-4-5-8-11-9-6-7-10-11;1-2-4-6-5-3-1/h6-7,9-10H,2-5,8H2,1H3;1-5H. The fourth-order valence-electron chi connectivity index (χ4n) is 1.55. The van der Waals surface area contributed by atoms with Crippen molar-refractivity contribution in [2.24, 2.45) is 0 Å². The van der Waals surface area contributed by atoms with Crippen molar-refractivity contribution in [2.75, 3.05) is 0 Å². The first kappa shape index (κ1) is 13.5. The second-order valence-electron chi connectivity index (χ2n) is 4.01. The number of rotatable bonds is 5. The van der Waals surface area contributed by atoms with E-state index in [1.165, 1.54) is 32.2 Å². The Balaban J connectivity index is 0.000000202. The van der Waals surface area contributed by atoms with Crippen LogP contribution in [-0.2, 0) is 6.54 Å². The summed E-state index contributed by atoms with van der Waals surface area (Å²) in [5, 5.41) is 0. The van der Waals surface area contributed by atoms with E-state index >= 15 is 0 Å². The van der Waals surface area contributed by atoms with Gasteiger partial charge in [-0.05, 0) is 30.7 Å². The zero-order valence-corrected chi connectivity index (χ0v) is 10.6. The maximum absolute atomic E-state index is 3.78. The molecule has 2 rings (SSSR count). The van der Waals surface area contributed by atoms with Crippen LogP contribution in [0.2, 0.25) is 0 Å². The van der Waals surface area contributed by atoms with Gasteiger partial charge in [0.05, 0.1) is 0 Å². The molecule has 17 heavy (non-hydrogen) atoms. The molecule has 2 heteroatoms. The van der Waals surface area contributed by atoms with Crippen molar-refractivity contribution in [1.82, 2.24) is 9.55 Å². The van der Waals surface area contributed by atoms with Gasteiger partial charge in [-0.1, -0.05) is 32.3 Å². The number of hydrogen-bond acceptors (Lipinski definition) is 1. The van der Waals surface area contributed by atoms with Crippen LogP contribution in [0, 0.1) is 0 Å². The molecule has 0 aliphatic rings. The zero-order valence-electron chi connectivity index (χ0n) is 10.6. The molecule has 0 saturated carbocycles. The molecule has 0 radical (unpaired) electrons. The van der Waals surface area contributed by atoms with Crippen LogP contribution in [0.25, 0.3) is 0 Å². The van der Waals surface area contributed by atoms with E-state index in [9.17, 15) is 0 Å². The average molecular weight is 230 g/mol. The fourth-order valence-corrected chi connectivity index (χ4v) is 1.55. The van der Waals surface area contributed by atoms with E-state index in [1.807, 2.05) is 18.2 Å². The summed E-state index contributed by atoms with van der Waals surface area (Å²) in [6, 6.07) is 9.88. The highest BCUT2D eigenvalue weighted by Crippen LogP contribution is 2.01. The summed E-state index contributed by atoms with van der Waals surface area (Å²) in [7, 11) is 0. The van der Waals surface area contributed by atoms with Gasteiger partial charge in [-0.25, -0.2) is 0 Å². The second-order valence-corrected chi connectivity index (χ2v) is 4.01. The van der Waals surface area contributed by atoms with Gasteiger partial charge in [-0.2, -0.15) is 0 Å². The van der Waals surface area contributed by atoms with Gasteiger partial charge < -0.3 is 4.57 Å². The van der Waals surface area contributed by atoms with Gasteiger partial charge in [0.2, 0.25) is 0 Å². The van der Waals surface area contributed by atoms with Gasteiger partial charge in [-0.15, -0.1) is 0 Å². The van der Waals surface area contributed by atoms with Gasteiger partial charge in [0.15, 0.2) is 0 Å². The summed E-state index contributed by atoms with van der Waals surface area (Å²) in [6.07, 6.45) is 13.2. The Hall–Kier alpha value is -1.57. The third-order valence-electron chi connectivity index (χ3n) is 2.50. The molecule has 0 bridgehead atoms. The highest BCUT2D eigenvalue weighted by Gasteiger charge is 1.88. The molecule has 2 aromatic rings. The minimum atomic E-state index is 1.19. The lowest BCUT2D eigenvalue weighted by Crippen LogP contribution is -1.93. The lowest BCUT2D eigenvalue weighted by atomic mass is 10.2. The van der Waals surface area contributed by atoms with Crippen LogP contribution in [0.1, 0.15) is 32.6 Å². The maximum atomic E-state index is 3.78. The normalized spacial score (nSPS) is 9.47. The van der Waals surface area contributed by atoms with Crippen molar-refractivity contribution in [3.05, 3.63) is 55.1 Å². The Labute approximate surface area is 104 Å². The minimum Gasteiger partial charge on any atom is -0.354 e. The number of aryl methyl sites for hydroxylation is 1. The van der Waals surface area contributed by atoms with Crippen LogP contribution >= 0.6 is 0 Å². The van der Waals surface area contributed by atoms with Crippen LogP contribution in [0.4, 0.5) is 0 Å². The molecule has 0 unspecified atom stereocenters. The summed E-state index contributed by atoms with van der Waals surface area (Å²) < 4.78 is 2.25. The zero-order chi connectivity index (χ0) is 12.2. The highest BCUT2D eigenvalue weighted by molar-refractivity contribution is 4.90. The summed E-state index contributed by atoms with van der Waals surface area (Å²) in [4.78, 5) is 3.78. The van der Waals surface area contributed by atoms with E-state index < -0.39 is 0 Å². The molecule has 0 spiro atoms. The van der Waals surface area contributed by atoms with Gasteiger partial charge in [0.25, 0.3) is 0 Å². The first-order valence-electron chi connectivity index (χ1n) is 6.39. The quantitative estimate of drug-likeness (QED) is 0.705. The molecular weight excluding hydrogens is 208 g/mol. The minimum absolute atomic E-state index is 1.19. The first-order valence-corrected chi connectivity index (χ1v) is 6.39. The van der Waals surface area contributed by atoms with Gasteiger partial charge in [0, 0.05) is 31.3 Å². The monoisotopic (exact) mass is 230 g/mol. The summed E-state index contributed by atoms with van der Waals surface area (Å²) in [5.74, 6) is 0. The number of aromatic nitrogens is 2.